The maximum Gasteiger partial charge on any atom is 0.163 e. The van der Waals surface area contributed by atoms with Gasteiger partial charge in [0.15, 0.2) is 5.78 Å². The van der Waals surface area contributed by atoms with Gasteiger partial charge < -0.3 is 9.30 Å². The van der Waals surface area contributed by atoms with Crippen molar-refractivity contribution < 1.29 is 9.53 Å². The van der Waals surface area contributed by atoms with Gasteiger partial charge in [0, 0.05) is 54.2 Å². The molecular formula is C27H26N4O2. The number of carbonyl (C=O) groups is 1. The normalized spacial score (nSPS) is 14.0. The van der Waals surface area contributed by atoms with Crippen molar-refractivity contribution in [2.75, 3.05) is 0 Å². The Morgan fingerprint density at radius 1 is 0.970 bits per heavy atom. The number of nitrogens with zero attached hydrogens (tertiary/aromatic N) is 4. The predicted molar refractivity (Wildman–Crippen MR) is 125 cm³/mol. The molecule has 0 saturated carbocycles. The molecule has 0 radical (unpaired) electrons. The van der Waals surface area contributed by atoms with Crippen molar-refractivity contribution in [3.63, 3.8) is 0 Å². The number of benzene rings is 1. The van der Waals surface area contributed by atoms with E-state index in [1.54, 1.807) is 18.7 Å². The van der Waals surface area contributed by atoms with Crippen molar-refractivity contribution in [1.82, 2.24) is 19.5 Å². The molecule has 6 heteroatoms. The van der Waals surface area contributed by atoms with E-state index in [0.29, 0.717) is 13.0 Å². The van der Waals surface area contributed by atoms with Crippen LogP contribution in [0.15, 0.2) is 79.8 Å². The van der Waals surface area contributed by atoms with Gasteiger partial charge in [0.1, 0.15) is 11.9 Å². The number of ketones is 1. The molecule has 4 aromatic rings. The molecule has 1 aliphatic carbocycles. The quantitative estimate of drug-likeness (QED) is 0.395. The Morgan fingerprint density at radius 3 is 2.73 bits per heavy atom. The highest BCUT2D eigenvalue weighted by molar-refractivity contribution is 5.99. The summed E-state index contributed by atoms with van der Waals surface area (Å²) in [4.78, 5) is 25.6. The summed E-state index contributed by atoms with van der Waals surface area (Å²) in [5.41, 5.74) is 5.12. The fourth-order valence-electron chi connectivity index (χ4n) is 4.48. The van der Waals surface area contributed by atoms with Crippen LogP contribution < -0.4 is 4.74 Å². The maximum absolute atomic E-state index is 12.6. The van der Waals surface area contributed by atoms with Gasteiger partial charge in [-0.2, -0.15) is 0 Å². The number of rotatable bonds is 8. The topological polar surface area (TPSA) is 69.9 Å². The Balaban J connectivity index is 1.50. The predicted octanol–water partition coefficient (Wildman–Crippen LogP) is 4.80. The highest BCUT2D eigenvalue weighted by Crippen LogP contribution is 2.35. The lowest BCUT2D eigenvalue weighted by Crippen LogP contribution is -2.18. The molecule has 0 amide bonds. The van der Waals surface area contributed by atoms with E-state index in [1.165, 1.54) is 0 Å². The van der Waals surface area contributed by atoms with Crippen LogP contribution in [0.1, 0.15) is 51.7 Å². The molecule has 1 atom stereocenters. The average Bonchev–Trinajstić information content (AvgIpc) is 3.37. The summed E-state index contributed by atoms with van der Waals surface area (Å²) < 4.78 is 8.68. The summed E-state index contributed by atoms with van der Waals surface area (Å²) in [6, 6.07) is 13.8. The van der Waals surface area contributed by atoms with E-state index in [9.17, 15) is 4.79 Å². The molecule has 0 bridgehead atoms. The van der Waals surface area contributed by atoms with Gasteiger partial charge in [-0.25, -0.2) is 4.98 Å². The Kier molecular flexibility index (Phi) is 6.24. The van der Waals surface area contributed by atoms with Gasteiger partial charge >= 0.3 is 0 Å². The number of Topliss-reactive ketones (excluding diaryl/α,β-unsaturated/α-hetero) is 1. The van der Waals surface area contributed by atoms with Crippen LogP contribution in [0.4, 0.5) is 0 Å². The lowest BCUT2D eigenvalue weighted by atomic mass is 9.85. The van der Waals surface area contributed by atoms with E-state index < -0.39 is 0 Å². The molecule has 5 rings (SSSR count). The number of hydrogen-bond acceptors (Lipinski definition) is 5. The lowest BCUT2D eigenvalue weighted by molar-refractivity contribution is 0.0972. The van der Waals surface area contributed by atoms with Crippen LogP contribution in [0.25, 0.3) is 0 Å². The van der Waals surface area contributed by atoms with Gasteiger partial charge in [-0.05, 0) is 67.1 Å². The van der Waals surface area contributed by atoms with Crippen LogP contribution >= 0.6 is 0 Å². The van der Waals surface area contributed by atoms with Crippen LogP contribution in [-0.2, 0) is 25.8 Å². The molecule has 6 nitrogen and oxygen atoms in total. The zero-order valence-electron chi connectivity index (χ0n) is 18.4. The standard InChI is InChI=1S/C27H26N4O2/c32-25-8-3-7-22-23(25)11-12-26(24(22)10-9-21-6-1-2-14-30-21)33-27(18-31-16-15-29-19-31)20-5-4-13-28-17-20/h1-2,4-6,11-17,19,27H,3,7-10,18H2/t27-/m1/s1. The molecule has 0 N–H and O–H groups in total. The smallest absolute Gasteiger partial charge is 0.163 e. The summed E-state index contributed by atoms with van der Waals surface area (Å²) in [7, 11) is 0. The van der Waals surface area contributed by atoms with Crippen molar-refractivity contribution >= 4 is 5.78 Å². The number of hydrogen-bond donors (Lipinski definition) is 0. The van der Waals surface area contributed by atoms with Gasteiger partial charge in [-0.1, -0.05) is 12.1 Å². The van der Waals surface area contributed by atoms with Crippen molar-refractivity contribution in [1.29, 1.82) is 0 Å². The number of aryl methyl sites for hydroxylation is 1. The van der Waals surface area contributed by atoms with E-state index in [0.717, 1.165) is 59.4 Å². The fraction of sp³-hybridized carbons (Fsp3) is 0.259. The second kappa shape index (κ2) is 9.77. The molecule has 0 unspecified atom stereocenters. The van der Waals surface area contributed by atoms with Crippen LogP contribution in [0, 0.1) is 0 Å². The number of aromatic nitrogens is 4. The highest BCUT2D eigenvalue weighted by atomic mass is 16.5. The molecule has 166 valence electrons. The van der Waals surface area contributed by atoms with E-state index in [4.69, 9.17) is 4.74 Å². The first-order valence-corrected chi connectivity index (χ1v) is 11.4. The lowest BCUT2D eigenvalue weighted by Gasteiger charge is -2.25. The Bertz CT molecular complexity index is 1210. The summed E-state index contributed by atoms with van der Waals surface area (Å²) in [6.45, 7) is 0.612. The van der Waals surface area contributed by atoms with Crippen molar-refractivity contribution in [3.8, 4) is 5.75 Å². The molecule has 1 aliphatic rings. The monoisotopic (exact) mass is 438 g/mol. The summed E-state index contributed by atoms with van der Waals surface area (Å²) in [6.07, 6.45) is 14.6. The summed E-state index contributed by atoms with van der Waals surface area (Å²) >= 11 is 0. The van der Waals surface area contributed by atoms with Crippen molar-refractivity contribution in [2.45, 2.75) is 44.8 Å². The highest BCUT2D eigenvalue weighted by Gasteiger charge is 2.24. The van der Waals surface area contributed by atoms with E-state index in [2.05, 4.69) is 15.0 Å². The molecule has 0 spiro atoms. The fourth-order valence-corrected chi connectivity index (χ4v) is 4.48. The third kappa shape index (κ3) is 4.85. The Morgan fingerprint density at radius 2 is 1.94 bits per heavy atom. The molecule has 3 aromatic heterocycles. The van der Waals surface area contributed by atoms with Gasteiger partial charge in [0.2, 0.25) is 0 Å². The van der Waals surface area contributed by atoms with Gasteiger partial charge in [-0.15, -0.1) is 0 Å². The van der Waals surface area contributed by atoms with Crippen LogP contribution in [0.3, 0.4) is 0 Å². The van der Waals surface area contributed by atoms with E-state index in [-0.39, 0.29) is 11.9 Å². The minimum absolute atomic E-state index is 0.226. The molecule has 0 fully saturated rings. The first kappa shape index (κ1) is 21.1. The van der Waals surface area contributed by atoms with Gasteiger partial charge in [-0.3, -0.25) is 14.8 Å². The number of carbonyl (C=O) groups excluding carboxylic acids is 1. The molecule has 1 aromatic carbocycles. The summed E-state index contributed by atoms with van der Waals surface area (Å²) in [5.74, 6) is 1.05. The number of ether oxygens (including phenoxy) is 1. The zero-order valence-corrected chi connectivity index (χ0v) is 18.4. The first-order valence-electron chi connectivity index (χ1n) is 11.4. The van der Waals surface area contributed by atoms with Crippen molar-refractivity contribution in [2.24, 2.45) is 0 Å². The first-order chi connectivity index (χ1) is 16.3. The zero-order chi connectivity index (χ0) is 22.5. The number of imidazole rings is 1. The second-order valence-electron chi connectivity index (χ2n) is 8.32. The minimum Gasteiger partial charge on any atom is -0.483 e. The molecule has 33 heavy (non-hydrogen) atoms. The summed E-state index contributed by atoms with van der Waals surface area (Å²) in [5, 5.41) is 0. The third-order valence-corrected chi connectivity index (χ3v) is 6.14. The largest absolute Gasteiger partial charge is 0.483 e. The van der Waals surface area contributed by atoms with E-state index in [1.807, 2.05) is 65.6 Å². The molecular weight excluding hydrogens is 412 g/mol. The molecule has 0 aliphatic heterocycles. The Labute approximate surface area is 193 Å². The van der Waals surface area contributed by atoms with Crippen LogP contribution in [-0.4, -0.2) is 25.3 Å². The van der Waals surface area contributed by atoms with Crippen LogP contribution in [0.2, 0.25) is 0 Å². The van der Waals surface area contributed by atoms with Crippen LogP contribution in [0.5, 0.6) is 5.75 Å². The minimum atomic E-state index is -0.237. The maximum atomic E-state index is 12.6. The average molecular weight is 439 g/mol. The van der Waals surface area contributed by atoms with Gasteiger partial charge in [0.25, 0.3) is 0 Å². The number of fused-ring (bicyclic) bond motifs is 1. The van der Waals surface area contributed by atoms with Crippen molar-refractivity contribution in [3.05, 3.63) is 108 Å². The van der Waals surface area contributed by atoms with Gasteiger partial charge in [0.05, 0.1) is 12.9 Å². The SMILES string of the molecule is O=C1CCCc2c1ccc(O[C@H](Cn1ccnc1)c1cccnc1)c2CCc1ccccn1. The second-order valence-corrected chi connectivity index (χ2v) is 8.32. The molecule has 3 heterocycles. The number of pyridine rings is 2. The third-order valence-electron chi connectivity index (χ3n) is 6.14. The molecule has 0 saturated heterocycles. The van der Waals surface area contributed by atoms with E-state index >= 15 is 0 Å². The Hall–Kier alpha value is -3.80.